The van der Waals surface area contributed by atoms with E-state index in [0.29, 0.717) is 17.8 Å². The molecule has 0 aliphatic carbocycles. The Kier molecular flexibility index (Phi) is 1.92. The highest BCUT2D eigenvalue weighted by Crippen LogP contribution is 2.30. The van der Waals surface area contributed by atoms with Crippen LogP contribution in [0.15, 0.2) is 29.1 Å². The molecule has 3 rings (SSSR count). The van der Waals surface area contributed by atoms with Crippen LogP contribution in [-0.2, 0) is 6.42 Å². The van der Waals surface area contributed by atoms with Gasteiger partial charge in [0.05, 0.1) is 6.04 Å². The molecular formula is C11H10FN3O. The molecule has 0 fully saturated rings. The maximum absolute atomic E-state index is 13.6. The van der Waals surface area contributed by atoms with Crippen LogP contribution in [-0.4, -0.2) is 14.8 Å². The zero-order valence-electron chi connectivity index (χ0n) is 8.48. The molecule has 1 aromatic carbocycles. The molecule has 0 amide bonds. The van der Waals surface area contributed by atoms with E-state index in [1.165, 1.54) is 6.07 Å². The fourth-order valence-corrected chi connectivity index (χ4v) is 2.27. The Hall–Kier alpha value is -1.91. The average molecular weight is 219 g/mol. The van der Waals surface area contributed by atoms with Crippen LogP contribution in [0.3, 0.4) is 0 Å². The van der Waals surface area contributed by atoms with Crippen molar-refractivity contribution in [2.45, 2.75) is 18.9 Å². The lowest BCUT2D eigenvalue weighted by Gasteiger charge is -2.12. The Morgan fingerprint density at radius 3 is 3.06 bits per heavy atom. The Morgan fingerprint density at radius 1 is 1.44 bits per heavy atom. The minimum atomic E-state index is -0.270. The Morgan fingerprint density at radius 2 is 2.25 bits per heavy atom. The second-order valence-corrected chi connectivity index (χ2v) is 3.89. The van der Waals surface area contributed by atoms with Crippen LogP contribution in [0, 0.1) is 5.82 Å². The third-order valence-corrected chi connectivity index (χ3v) is 2.99. The number of benzene rings is 1. The molecular weight excluding hydrogens is 209 g/mol. The van der Waals surface area contributed by atoms with Crippen molar-refractivity contribution in [2.24, 2.45) is 0 Å². The fraction of sp³-hybridized carbons (Fsp3) is 0.273. The highest BCUT2D eigenvalue weighted by Gasteiger charge is 2.28. The SMILES string of the molecule is O=c1[nH]nc2n1[C@@H](c1ccccc1F)CC2. The van der Waals surface area contributed by atoms with Gasteiger partial charge in [-0.25, -0.2) is 14.3 Å². The average Bonchev–Trinajstić information content (AvgIpc) is 2.83. The number of nitrogens with one attached hydrogen (secondary N) is 1. The van der Waals surface area contributed by atoms with Gasteiger partial charge in [-0.1, -0.05) is 18.2 Å². The quantitative estimate of drug-likeness (QED) is 0.784. The molecule has 16 heavy (non-hydrogen) atoms. The third kappa shape index (κ3) is 1.21. The number of nitrogens with zero attached hydrogens (tertiary/aromatic N) is 2. The molecule has 1 aliphatic heterocycles. The van der Waals surface area contributed by atoms with Gasteiger partial charge in [-0.2, -0.15) is 5.10 Å². The number of hydrogen-bond acceptors (Lipinski definition) is 2. The molecule has 0 saturated heterocycles. The number of fused-ring (bicyclic) bond motifs is 1. The maximum atomic E-state index is 13.6. The van der Waals surface area contributed by atoms with Gasteiger partial charge in [0.25, 0.3) is 0 Å². The fourth-order valence-electron chi connectivity index (χ4n) is 2.27. The molecule has 2 heterocycles. The van der Waals surface area contributed by atoms with Gasteiger partial charge in [0.1, 0.15) is 11.6 Å². The summed E-state index contributed by atoms with van der Waals surface area (Å²) in [5, 5.41) is 6.30. The van der Waals surface area contributed by atoms with E-state index >= 15 is 0 Å². The van der Waals surface area contributed by atoms with Crippen LogP contribution >= 0.6 is 0 Å². The Balaban J connectivity index is 2.15. The number of aromatic amines is 1. The summed E-state index contributed by atoms with van der Waals surface area (Å²) in [7, 11) is 0. The molecule has 82 valence electrons. The van der Waals surface area contributed by atoms with Crippen molar-refractivity contribution >= 4 is 0 Å². The molecule has 0 radical (unpaired) electrons. The van der Waals surface area contributed by atoms with E-state index < -0.39 is 0 Å². The van der Waals surface area contributed by atoms with Gasteiger partial charge in [0.15, 0.2) is 0 Å². The van der Waals surface area contributed by atoms with Crippen LogP contribution in [0.4, 0.5) is 4.39 Å². The summed E-state index contributed by atoms with van der Waals surface area (Å²) < 4.78 is 15.2. The smallest absolute Gasteiger partial charge is 0.271 e. The van der Waals surface area contributed by atoms with Crippen molar-refractivity contribution in [1.82, 2.24) is 14.8 Å². The minimum absolute atomic E-state index is 0.220. The summed E-state index contributed by atoms with van der Waals surface area (Å²) in [6.45, 7) is 0. The van der Waals surface area contributed by atoms with Crippen molar-refractivity contribution in [3.05, 3.63) is 52.0 Å². The van der Waals surface area contributed by atoms with E-state index in [4.69, 9.17) is 0 Å². The van der Waals surface area contributed by atoms with Gasteiger partial charge in [0.2, 0.25) is 0 Å². The molecule has 1 N–H and O–H groups in total. The van der Waals surface area contributed by atoms with Gasteiger partial charge in [-0.3, -0.25) is 4.57 Å². The number of halogens is 1. The van der Waals surface area contributed by atoms with Crippen LogP contribution in [0.5, 0.6) is 0 Å². The zero-order valence-corrected chi connectivity index (χ0v) is 8.48. The Labute approximate surface area is 90.7 Å². The lowest BCUT2D eigenvalue weighted by Crippen LogP contribution is -2.21. The van der Waals surface area contributed by atoms with Gasteiger partial charge >= 0.3 is 5.69 Å². The van der Waals surface area contributed by atoms with E-state index in [0.717, 1.165) is 6.42 Å². The van der Waals surface area contributed by atoms with Crippen molar-refractivity contribution in [1.29, 1.82) is 0 Å². The summed E-state index contributed by atoms with van der Waals surface area (Å²) >= 11 is 0. The van der Waals surface area contributed by atoms with Crippen molar-refractivity contribution in [2.75, 3.05) is 0 Å². The number of aromatic nitrogens is 3. The van der Waals surface area contributed by atoms with Gasteiger partial charge in [-0.15, -0.1) is 0 Å². The van der Waals surface area contributed by atoms with Crippen LogP contribution in [0.25, 0.3) is 0 Å². The van der Waals surface area contributed by atoms with Crippen LogP contribution in [0.1, 0.15) is 23.9 Å². The summed E-state index contributed by atoms with van der Waals surface area (Å²) in [5.41, 5.74) is 0.297. The van der Waals surface area contributed by atoms with Crippen molar-refractivity contribution in [3.63, 3.8) is 0 Å². The molecule has 1 atom stereocenters. The Bertz CT molecular complexity index is 587. The standard InChI is InChI=1S/C11H10FN3O/c12-8-4-2-1-3-7(8)9-5-6-10-13-14-11(16)15(9)10/h1-4,9H,5-6H2,(H,14,16)/t9-/m1/s1. The van der Waals surface area contributed by atoms with Gasteiger partial charge in [-0.05, 0) is 12.5 Å². The topological polar surface area (TPSA) is 50.7 Å². The zero-order chi connectivity index (χ0) is 11.1. The summed E-state index contributed by atoms with van der Waals surface area (Å²) in [6.07, 6.45) is 1.44. The first-order chi connectivity index (χ1) is 7.77. The van der Waals surface area contributed by atoms with E-state index in [1.54, 1.807) is 22.8 Å². The monoisotopic (exact) mass is 219 g/mol. The first-order valence-electron chi connectivity index (χ1n) is 5.17. The second-order valence-electron chi connectivity index (χ2n) is 3.89. The third-order valence-electron chi connectivity index (χ3n) is 2.99. The predicted molar refractivity (Wildman–Crippen MR) is 55.7 cm³/mol. The first-order valence-corrected chi connectivity index (χ1v) is 5.17. The number of rotatable bonds is 1. The van der Waals surface area contributed by atoms with Crippen LogP contribution in [0.2, 0.25) is 0 Å². The largest absolute Gasteiger partial charge is 0.343 e. The number of hydrogen-bond donors (Lipinski definition) is 1. The summed E-state index contributed by atoms with van der Waals surface area (Å²) in [4.78, 5) is 11.5. The molecule has 0 bridgehead atoms. The summed E-state index contributed by atoms with van der Waals surface area (Å²) in [5.74, 6) is 0.437. The minimum Gasteiger partial charge on any atom is -0.271 e. The van der Waals surface area contributed by atoms with E-state index in [1.807, 2.05) is 0 Å². The molecule has 4 nitrogen and oxygen atoms in total. The molecule has 2 aromatic rings. The van der Waals surface area contributed by atoms with E-state index in [9.17, 15) is 9.18 Å². The second kappa shape index (κ2) is 3.30. The van der Waals surface area contributed by atoms with Crippen molar-refractivity contribution in [3.8, 4) is 0 Å². The predicted octanol–water partition coefficient (Wildman–Crippen LogP) is 1.25. The molecule has 1 aromatic heterocycles. The lowest BCUT2D eigenvalue weighted by atomic mass is 10.0. The molecule has 0 spiro atoms. The highest BCUT2D eigenvalue weighted by molar-refractivity contribution is 5.24. The summed E-state index contributed by atoms with van der Waals surface area (Å²) in [6, 6.07) is 6.34. The number of H-pyrrole nitrogens is 1. The highest BCUT2D eigenvalue weighted by atomic mass is 19.1. The van der Waals surface area contributed by atoms with Gasteiger partial charge < -0.3 is 0 Å². The van der Waals surface area contributed by atoms with E-state index in [-0.39, 0.29) is 17.5 Å². The molecule has 0 saturated carbocycles. The van der Waals surface area contributed by atoms with Crippen LogP contribution < -0.4 is 5.69 Å². The normalized spacial score (nSPS) is 18.7. The maximum Gasteiger partial charge on any atom is 0.343 e. The lowest BCUT2D eigenvalue weighted by molar-refractivity contribution is 0.537. The van der Waals surface area contributed by atoms with E-state index in [2.05, 4.69) is 10.2 Å². The molecule has 0 unspecified atom stereocenters. The first kappa shape index (κ1) is 9.33. The molecule has 5 heteroatoms. The molecule has 1 aliphatic rings. The van der Waals surface area contributed by atoms with Gasteiger partial charge in [0, 0.05) is 12.0 Å². The number of aryl methyl sites for hydroxylation is 1. The van der Waals surface area contributed by atoms with Crippen molar-refractivity contribution < 1.29 is 4.39 Å².